The van der Waals surface area contributed by atoms with Gasteiger partial charge in [-0.15, -0.1) is 0 Å². The van der Waals surface area contributed by atoms with Gasteiger partial charge in [-0.25, -0.2) is 0 Å². The summed E-state index contributed by atoms with van der Waals surface area (Å²) in [7, 11) is 1.39. The van der Waals surface area contributed by atoms with E-state index in [1.807, 2.05) is 31.2 Å². The lowest BCUT2D eigenvalue weighted by atomic mass is 9.99. The van der Waals surface area contributed by atoms with E-state index in [1.165, 1.54) is 7.11 Å². The maximum Gasteiger partial charge on any atom is 0.326 e. The molecule has 0 aliphatic rings. The van der Waals surface area contributed by atoms with E-state index in [2.05, 4.69) is 15.9 Å². The third-order valence-corrected chi connectivity index (χ3v) is 2.91. The van der Waals surface area contributed by atoms with Crippen molar-refractivity contribution < 1.29 is 9.53 Å². The minimum absolute atomic E-state index is 0.289. The zero-order valence-electron chi connectivity index (χ0n) is 8.50. The van der Waals surface area contributed by atoms with Gasteiger partial charge in [-0.2, -0.15) is 0 Å². The molecule has 0 aromatic heterocycles. The normalized spacial score (nSPS) is 14.6. The minimum atomic E-state index is -0.756. The van der Waals surface area contributed by atoms with Crippen molar-refractivity contribution in [1.82, 2.24) is 0 Å². The van der Waals surface area contributed by atoms with Crippen LogP contribution in [0.4, 0.5) is 0 Å². The summed E-state index contributed by atoms with van der Waals surface area (Å²) in [5.74, 6) is -0.289. The molecule has 3 heteroatoms. The maximum absolute atomic E-state index is 11.5. The molecule has 1 rings (SSSR count). The van der Waals surface area contributed by atoms with Crippen molar-refractivity contribution in [3.63, 3.8) is 0 Å². The Balaban J connectivity index is 3.09. The molecule has 1 aromatic rings. The average molecular weight is 257 g/mol. The second kappa shape index (κ2) is 4.13. The molecule has 1 aromatic carbocycles. The van der Waals surface area contributed by atoms with Gasteiger partial charge in [0.15, 0.2) is 0 Å². The van der Waals surface area contributed by atoms with Gasteiger partial charge in [-0.1, -0.05) is 45.8 Å². The third-order valence-electron chi connectivity index (χ3n) is 2.13. The molecule has 0 aliphatic heterocycles. The van der Waals surface area contributed by atoms with E-state index in [-0.39, 0.29) is 5.97 Å². The number of benzene rings is 1. The summed E-state index contributed by atoms with van der Waals surface area (Å²) in [4.78, 5) is 11.5. The number of rotatable bonds is 2. The van der Waals surface area contributed by atoms with Crippen LogP contribution in [0.1, 0.15) is 18.1 Å². The monoisotopic (exact) mass is 256 g/mol. The highest BCUT2D eigenvalue weighted by Crippen LogP contribution is 2.32. The van der Waals surface area contributed by atoms with Crippen molar-refractivity contribution in [3.8, 4) is 0 Å². The third kappa shape index (κ3) is 2.15. The lowest BCUT2D eigenvalue weighted by Crippen LogP contribution is -2.26. The van der Waals surface area contributed by atoms with Gasteiger partial charge in [0.1, 0.15) is 4.32 Å². The van der Waals surface area contributed by atoms with Crippen LogP contribution in [0.2, 0.25) is 0 Å². The van der Waals surface area contributed by atoms with Crippen molar-refractivity contribution in [3.05, 3.63) is 35.4 Å². The van der Waals surface area contributed by atoms with Gasteiger partial charge in [0.25, 0.3) is 0 Å². The number of methoxy groups -OCH3 is 1. The molecular weight excluding hydrogens is 244 g/mol. The van der Waals surface area contributed by atoms with E-state index in [0.717, 1.165) is 11.1 Å². The number of carbonyl (C=O) groups excluding carboxylic acids is 1. The molecule has 0 heterocycles. The zero-order chi connectivity index (χ0) is 10.8. The van der Waals surface area contributed by atoms with Crippen LogP contribution >= 0.6 is 15.9 Å². The highest BCUT2D eigenvalue weighted by atomic mass is 79.9. The fourth-order valence-electron chi connectivity index (χ4n) is 1.25. The standard InChI is InChI=1S/C11H13BrO2/c1-8-5-4-6-9(7-8)11(2,12)10(13)14-3/h4-7H,1-3H3. The lowest BCUT2D eigenvalue weighted by molar-refractivity contribution is -0.143. The molecule has 0 aliphatic carbocycles. The summed E-state index contributed by atoms with van der Waals surface area (Å²) in [6, 6.07) is 7.78. The molecule has 0 N–H and O–H groups in total. The van der Waals surface area contributed by atoms with Crippen LogP contribution in [0.5, 0.6) is 0 Å². The van der Waals surface area contributed by atoms with Crippen molar-refractivity contribution in [2.75, 3.05) is 7.11 Å². The van der Waals surface area contributed by atoms with Gasteiger partial charge >= 0.3 is 5.97 Å². The Morgan fingerprint density at radius 3 is 2.64 bits per heavy atom. The van der Waals surface area contributed by atoms with Crippen LogP contribution in [-0.4, -0.2) is 13.1 Å². The van der Waals surface area contributed by atoms with Crippen LogP contribution < -0.4 is 0 Å². The summed E-state index contributed by atoms with van der Waals surface area (Å²) in [5.41, 5.74) is 2.03. The molecule has 14 heavy (non-hydrogen) atoms. The lowest BCUT2D eigenvalue weighted by Gasteiger charge is -2.20. The van der Waals surface area contributed by atoms with E-state index in [9.17, 15) is 4.79 Å². The summed E-state index contributed by atoms with van der Waals surface area (Å²) < 4.78 is 3.97. The van der Waals surface area contributed by atoms with Crippen molar-refractivity contribution in [2.45, 2.75) is 18.2 Å². The number of aryl methyl sites for hydroxylation is 1. The fourth-order valence-corrected chi connectivity index (χ4v) is 1.66. The first kappa shape index (κ1) is 11.2. The number of ether oxygens (including phenoxy) is 1. The van der Waals surface area contributed by atoms with Crippen LogP contribution in [0, 0.1) is 6.92 Å². The molecule has 2 nitrogen and oxygen atoms in total. The van der Waals surface area contributed by atoms with E-state index >= 15 is 0 Å². The first-order valence-corrected chi connectivity index (χ1v) is 5.12. The Bertz CT molecular complexity index is 345. The number of carbonyl (C=O) groups is 1. The molecule has 0 amide bonds. The topological polar surface area (TPSA) is 26.3 Å². The Labute approximate surface area is 92.4 Å². The van der Waals surface area contributed by atoms with Crippen LogP contribution in [0.25, 0.3) is 0 Å². The van der Waals surface area contributed by atoms with Crippen LogP contribution in [0.15, 0.2) is 24.3 Å². The fraction of sp³-hybridized carbons (Fsp3) is 0.364. The molecule has 0 spiro atoms. The molecule has 0 saturated carbocycles. The van der Waals surface area contributed by atoms with Gasteiger partial charge < -0.3 is 4.74 Å². The Kier molecular flexibility index (Phi) is 3.32. The first-order valence-electron chi connectivity index (χ1n) is 4.33. The second-order valence-electron chi connectivity index (χ2n) is 3.36. The molecule has 76 valence electrons. The van der Waals surface area contributed by atoms with E-state index in [1.54, 1.807) is 6.92 Å². The number of alkyl halides is 1. The van der Waals surface area contributed by atoms with Gasteiger partial charge in [0.2, 0.25) is 0 Å². The van der Waals surface area contributed by atoms with E-state index in [4.69, 9.17) is 4.74 Å². The second-order valence-corrected chi connectivity index (χ2v) is 4.95. The van der Waals surface area contributed by atoms with Crippen LogP contribution in [0.3, 0.4) is 0 Å². The summed E-state index contributed by atoms with van der Waals surface area (Å²) in [6.45, 7) is 3.78. The number of hydrogen-bond acceptors (Lipinski definition) is 2. The van der Waals surface area contributed by atoms with Crippen molar-refractivity contribution in [1.29, 1.82) is 0 Å². The molecule has 0 saturated heterocycles. The quantitative estimate of drug-likeness (QED) is 0.601. The van der Waals surface area contributed by atoms with Crippen LogP contribution in [-0.2, 0) is 13.9 Å². The summed E-state index contributed by atoms with van der Waals surface area (Å²) in [6.07, 6.45) is 0. The van der Waals surface area contributed by atoms with E-state index < -0.39 is 4.32 Å². The molecule has 1 atom stereocenters. The zero-order valence-corrected chi connectivity index (χ0v) is 10.1. The van der Waals surface area contributed by atoms with Gasteiger partial charge in [-0.3, -0.25) is 4.79 Å². The number of halogens is 1. The highest BCUT2D eigenvalue weighted by Gasteiger charge is 2.33. The Morgan fingerprint density at radius 2 is 2.14 bits per heavy atom. The van der Waals surface area contributed by atoms with Gasteiger partial charge in [-0.05, 0) is 19.4 Å². The summed E-state index contributed by atoms with van der Waals surface area (Å²) >= 11 is 3.38. The maximum atomic E-state index is 11.5. The highest BCUT2D eigenvalue weighted by molar-refractivity contribution is 9.10. The average Bonchev–Trinajstić information content (AvgIpc) is 2.16. The van der Waals surface area contributed by atoms with E-state index in [0.29, 0.717) is 0 Å². The predicted molar refractivity (Wildman–Crippen MR) is 59.5 cm³/mol. The minimum Gasteiger partial charge on any atom is -0.468 e. The SMILES string of the molecule is COC(=O)C(C)(Br)c1cccc(C)c1. The summed E-state index contributed by atoms with van der Waals surface area (Å²) in [5, 5.41) is 0. The molecule has 0 fully saturated rings. The number of hydrogen-bond donors (Lipinski definition) is 0. The molecule has 0 radical (unpaired) electrons. The molecule has 1 unspecified atom stereocenters. The molecular formula is C11H13BrO2. The van der Waals surface area contributed by atoms with Crippen molar-refractivity contribution >= 4 is 21.9 Å². The number of esters is 1. The smallest absolute Gasteiger partial charge is 0.326 e. The first-order chi connectivity index (χ1) is 6.48. The van der Waals surface area contributed by atoms with Crippen molar-refractivity contribution in [2.24, 2.45) is 0 Å². The molecule has 0 bridgehead atoms. The predicted octanol–water partition coefficient (Wildman–Crippen LogP) is 2.78. The Hall–Kier alpha value is -0.830. The Morgan fingerprint density at radius 1 is 1.50 bits per heavy atom. The van der Waals surface area contributed by atoms with Gasteiger partial charge in [0, 0.05) is 0 Å². The largest absolute Gasteiger partial charge is 0.468 e. The van der Waals surface area contributed by atoms with Gasteiger partial charge in [0.05, 0.1) is 7.11 Å².